The molecule has 0 bridgehead atoms. The summed E-state index contributed by atoms with van der Waals surface area (Å²) in [6, 6.07) is 0. The maximum absolute atomic E-state index is 11.3. The van der Waals surface area contributed by atoms with E-state index in [4.69, 9.17) is 9.47 Å². The minimum Gasteiger partial charge on any atom is -0.466 e. The number of thiazole rings is 1. The Kier molecular flexibility index (Phi) is 7.43. The number of carbonyl (C=O) groups excluding carboxylic acids is 1. The minimum atomic E-state index is -0.236. The summed E-state index contributed by atoms with van der Waals surface area (Å²) < 4.78 is 10.3. The van der Waals surface area contributed by atoms with Crippen molar-refractivity contribution in [2.45, 2.75) is 27.2 Å². The third-order valence-corrected chi connectivity index (χ3v) is 3.01. The molecule has 0 amide bonds. The van der Waals surface area contributed by atoms with E-state index in [0.29, 0.717) is 19.1 Å². The molecule has 0 aliphatic carbocycles. The Morgan fingerprint density at radius 2 is 2.32 bits per heavy atom. The van der Waals surface area contributed by atoms with Gasteiger partial charge in [0.1, 0.15) is 0 Å². The zero-order valence-corrected chi connectivity index (χ0v) is 12.6. The summed E-state index contributed by atoms with van der Waals surface area (Å²) in [5.41, 5.74) is 0.744. The van der Waals surface area contributed by atoms with Crippen molar-refractivity contribution < 1.29 is 14.3 Å². The lowest BCUT2D eigenvalue weighted by molar-refractivity contribution is -0.142. The van der Waals surface area contributed by atoms with Gasteiger partial charge >= 0.3 is 5.97 Å². The van der Waals surface area contributed by atoms with Gasteiger partial charge in [-0.15, -0.1) is 11.3 Å². The highest BCUT2D eigenvalue weighted by Crippen LogP contribution is 2.15. The van der Waals surface area contributed by atoms with Gasteiger partial charge in [0.25, 0.3) is 0 Å². The molecule has 0 radical (unpaired) electrons. The fraction of sp³-hybridized carbons (Fsp3) is 0.692. The van der Waals surface area contributed by atoms with Gasteiger partial charge in [-0.05, 0) is 12.8 Å². The summed E-state index contributed by atoms with van der Waals surface area (Å²) in [5, 5.41) is 5.86. The molecule has 0 saturated carbocycles. The van der Waals surface area contributed by atoms with E-state index in [0.717, 1.165) is 24.0 Å². The van der Waals surface area contributed by atoms with Gasteiger partial charge in [-0.2, -0.15) is 0 Å². The first-order valence-electron chi connectivity index (χ1n) is 6.53. The third-order valence-electron chi connectivity index (χ3n) is 2.16. The van der Waals surface area contributed by atoms with Crippen molar-refractivity contribution in [1.82, 2.24) is 4.98 Å². The Labute approximate surface area is 118 Å². The molecule has 0 aromatic carbocycles. The van der Waals surface area contributed by atoms with Crippen LogP contribution in [-0.4, -0.2) is 37.3 Å². The summed E-state index contributed by atoms with van der Waals surface area (Å²) in [4.78, 5) is 15.6. The number of nitrogens with one attached hydrogen (secondary N) is 1. The van der Waals surface area contributed by atoms with E-state index in [-0.39, 0.29) is 12.4 Å². The molecular formula is C13H22N2O3S. The Balaban J connectivity index is 2.21. The number of esters is 1. The molecule has 0 aliphatic rings. The highest BCUT2D eigenvalue weighted by atomic mass is 32.1. The van der Waals surface area contributed by atoms with Crippen LogP contribution in [0.2, 0.25) is 0 Å². The van der Waals surface area contributed by atoms with E-state index < -0.39 is 0 Å². The zero-order chi connectivity index (χ0) is 14.1. The molecular weight excluding hydrogens is 264 g/mol. The van der Waals surface area contributed by atoms with E-state index in [1.165, 1.54) is 11.3 Å². The first-order valence-corrected chi connectivity index (χ1v) is 7.41. The second-order valence-electron chi connectivity index (χ2n) is 4.52. The summed E-state index contributed by atoms with van der Waals surface area (Å²) in [7, 11) is 0. The maximum Gasteiger partial charge on any atom is 0.311 e. The van der Waals surface area contributed by atoms with Crippen LogP contribution in [0.15, 0.2) is 5.38 Å². The standard InChI is InChI=1S/C13H22N2O3S/c1-4-18-12(16)7-11-9-19-13(15-11)14-5-6-17-8-10(2)3/h9-10H,4-8H2,1-3H3,(H,14,15). The van der Waals surface area contributed by atoms with Gasteiger partial charge < -0.3 is 14.8 Å². The molecule has 0 aliphatic heterocycles. The van der Waals surface area contributed by atoms with Crippen LogP contribution < -0.4 is 5.32 Å². The maximum atomic E-state index is 11.3. The van der Waals surface area contributed by atoms with Crippen LogP contribution in [0, 0.1) is 5.92 Å². The highest BCUT2D eigenvalue weighted by Gasteiger charge is 2.07. The van der Waals surface area contributed by atoms with Crippen molar-refractivity contribution in [3.05, 3.63) is 11.1 Å². The number of ether oxygens (including phenoxy) is 2. The summed E-state index contributed by atoms with van der Waals surface area (Å²) >= 11 is 1.49. The minimum absolute atomic E-state index is 0.232. The van der Waals surface area contributed by atoms with E-state index in [1.807, 2.05) is 5.38 Å². The molecule has 6 heteroatoms. The molecule has 1 aromatic rings. The molecule has 0 saturated heterocycles. The first-order chi connectivity index (χ1) is 9.11. The van der Waals surface area contributed by atoms with E-state index in [2.05, 4.69) is 24.1 Å². The Bertz CT molecular complexity index is 380. The number of anilines is 1. The van der Waals surface area contributed by atoms with E-state index >= 15 is 0 Å². The van der Waals surface area contributed by atoms with Gasteiger partial charge in [-0.25, -0.2) is 4.98 Å². The monoisotopic (exact) mass is 286 g/mol. The van der Waals surface area contributed by atoms with Crippen LogP contribution in [-0.2, 0) is 20.7 Å². The number of hydrogen-bond donors (Lipinski definition) is 1. The second kappa shape index (κ2) is 8.87. The number of carbonyl (C=O) groups is 1. The average Bonchev–Trinajstić information content (AvgIpc) is 2.76. The average molecular weight is 286 g/mol. The van der Waals surface area contributed by atoms with Gasteiger partial charge in [-0.3, -0.25) is 4.79 Å². The van der Waals surface area contributed by atoms with Crippen molar-refractivity contribution in [2.24, 2.45) is 5.92 Å². The highest BCUT2D eigenvalue weighted by molar-refractivity contribution is 7.13. The fourth-order valence-electron chi connectivity index (χ4n) is 1.38. The Hall–Kier alpha value is -1.14. The lowest BCUT2D eigenvalue weighted by Crippen LogP contribution is -2.12. The van der Waals surface area contributed by atoms with Crippen LogP contribution >= 0.6 is 11.3 Å². The molecule has 1 N–H and O–H groups in total. The molecule has 108 valence electrons. The Morgan fingerprint density at radius 1 is 1.53 bits per heavy atom. The Morgan fingerprint density at radius 3 is 3.00 bits per heavy atom. The molecule has 1 aromatic heterocycles. The molecule has 0 atom stereocenters. The van der Waals surface area contributed by atoms with Crippen molar-refractivity contribution in [3.63, 3.8) is 0 Å². The summed E-state index contributed by atoms with van der Waals surface area (Å²) in [6.07, 6.45) is 0.232. The zero-order valence-electron chi connectivity index (χ0n) is 11.8. The molecule has 19 heavy (non-hydrogen) atoms. The predicted octanol–water partition coefficient (Wildman–Crippen LogP) is 2.33. The van der Waals surface area contributed by atoms with Crippen LogP contribution in [0.25, 0.3) is 0 Å². The molecule has 0 unspecified atom stereocenters. The van der Waals surface area contributed by atoms with Crippen molar-refractivity contribution in [2.75, 3.05) is 31.7 Å². The fourth-order valence-corrected chi connectivity index (χ4v) is 2.12. The number of rotatable bonds is 9. The SMILES string of the molecule is CCOC(=O)Cc1csc(NCCOCC(C)C)n1. The summed E-state index contributed by atoms with van der Waals surface area (Å²) in [6.45, 7) is 8.59. The topological polar surface area (TPSA) is 60.5 Å². The first kappa shape index (κ1) is 15.9. The molecule has 0 fully saturated rings. The van der Waals surface area contributed by atoms with Gasteiger partial charge in [-0.1, -0.05) is 13.8 Å². The van der Waals surface area contributed by atoms with Crippen molar-refractivity contribution in [3.8, 4) is 0 Å². The lowest BCUT2D eigenvalue weighted by Gasteiger charge is -2.06. The molecule has 1 rings (SSSR count). The van der Waals surface area contributed by atoms with Gasteiger partial charge in [0.05, 0.1) is 25.3 Å². The molecule has 0 spiro atoms. The van der Waals surface area contributed by atoms with Crippen LogP contribution in [0.5, 0.6) is 0 Å². The number of nitrogens with zero attached hydrogens (tertiary/aromatic N) is 1. The van der Waals surface area contributed by atoms with Crippen LogP contribution in [0.4, 0.5) is 5.13 Å². The second-order valence-corrected chi connectivity index (χ2v) is 5.38. The largest absolute Gasteiger partial charge is 0.466 e. The molecule has 5 nitrogen and oxygen atoms in total. The van der Waals surface area contributed by atoms with E-state index in [1.54, 1.807) is 6.92 Å². The lowest BCUT2D eigenvalue weighted by atomic mass is 10.2. The van der Waals surface area contributed by atoms with Gasteiger partial charge in [0, 0.05) is 18.5 Å². The van der Waals surface area contributed by atoms with Gasteiger partial charge in [0.2, 0.25) is 0 Å². The quantitative estimate of drug-likeness (QED) is 0.557. The predicted molar refractivity (Wildman–Crippen MR) is 76.6 cm³/mol. The van der Waals surface area contributed by atoms with E-state index in [9.17, 15) is 4.79 Å². The van der Waals surface area contributed by atoms with Crippen molar-refractivity contribution in [1.29, 1.82) is 0 Å². The van der Waals surface area contributed by atoms with Crippen molar-refractivity contribution >= 4 is 22.4 Å². The number of aromatic nitrogens is 1. The van der Waals surface area contributed by atoms with Crippen LogP contribution in [0.3, 0.4) is 0 Å². The number of hydrogen-bond acceptors (Lipinski definition) is 6. The smallest absolute Gasteiger partial charge is 0.311 e. The van der Waals surface area contributed by atoms with Gasteiger partial charge in [0.15, 0.2) is 5.13 Å². The third kappa shape index (κ3) is 7.12. The van der Waals surface area contributed by atoms with Crippen LogP contribution in [0.1, 0.15) is 26.5 Å². The molecule has 1 heterocycles. The summed E-state index contributed by atoms with van der Waals surface area (Å²) in [5.74, 6) is 0.315. The normalized spacial score (nSPS) is 10.7.